The van der Waals surface area contributed by atoms with Crippen LogP contribution in [0.15, 0.2) is 25.6 Å². The third-order valence-electron chi connectivity index (χ3n) is 2.04. The number of carbonyl (C=O) groups excluding carboxylic acids is 1. The molecule has 0 atom stereocenters. The number of hydrogen-bond acceptors (Lipinski definition) is 3. The highest BCUT2D eigenvalue weighted by molar-refractivity contribution is 9.11. The van der Waals surface area contributed by atoms with Crippen molar-refractivity contribution < 1.29 is 14.3 Å². The van der Waals surface area contributed by atoms with Gasteiger partial charge in [0.05, 0.1) is 13.2 Å². The van der Waals surface area contributed by atoms with Gasteiger partial charge in [-0.05, 0) is 18.6 Å². The molecule has 0 spiro atoms. The van der Waals surface area contributed by atoms with Gasteiger partial charge in [-0.3, -0.25) is 0 Å². The molecule has 3 nitrogen and oxygen atoms in total. The van der Waals surface area contributed by atoms with E-state index >= 15 is 0 Å². The summed E-state index contributed by atoms with van der Waals surface area (Å²) in [5.41, 5.74) is 0.960. The number of esters is 1. The second kappa shape index (κ2) is 8.30. The molecule has 0 N–H and O–H groups in total. The first-order valence-corrected chi connectivity index (χ1v) is 7.79. The van der Waals surface area contributed by atoms with Gasteiger partial charge in [-0.25, -0.2) is 4.79 Å². The van der Waals surface area contributed by atoms with E-state index in [0.717, 1.165) is 25.4 Å². The average Bonchev–Trinajstić information content (AvgIpc) is 2.29. The Bertz CT molecular complexity index is 398. The Kier molecular flexibility index (Phi) is 7.44. The van der Waals surface area contributed by atoms with Crippen molar-refractivity contribution in [2.75, 3.05) is 13.2 Å². The SMILES string of the molecule is CCCOC(=O)COCc1c(Br)cc(Br)cc1Br. The summed E-state index contributed by atoms with van der Waals surface area (Å²) in [6, 6.07) is 3.86. The molecule has 0 saturated carbocycles. The maximum atomic E-state index is 11.2. The van der Waals surface area contributed by atoms with Crippen LogP contribution < -0.4 is 0 Å². The fourth-order valence-corrected chi connectivity index (χ4v) is 3.69. The van der Waals surface area contributed by atoms with Crippen molar-refractivity contribution >= 4 is 53.8 Å². The van der Waals surface area contributed by atoms with E-state index in [0.29, 0.717) is 13.2 Å². The van der Waals surface area contributed by atoms with Gasteiger partial charge in [0.1, 0.15) is 6.61 Å². The second-order valence-corrected chi connectivity index (χ2v) is 6.19. The quantitative estimate of drug-likeness (QED) is 0.608. The van der Waals surface area contributed by atoms with E-state index in [9.17, 15) is 4.79 Å². The molecule has 0 aliphatic carbocycles. The van der Waals surface area contributed by atoms with Gasteiger partial charge in [0.25, 0.3) is 0 Å². The van der Waals surface area contributed by atoms with Crippen molar-refractivity contribution in [2.45, 2.75) is 20.0 Å². The van der Waals surface area contributed by atoms with Gasteiger partial charge in [0.15, 0.2) is 0 Å². The molecule has 0 fully saturated rings. The summed E-state index contributed by atoms with van der Waals surface area (Å²) >= 11 is 10.3. The van der Waals surface area contributed by atoms with Gasteiger partial charge in [-0.1, -0.05) is 54.7 Å². The van der Waals surface area contributed by atoms with E-state index in [-0.39, 0.29) is 12.6 Å². The van der Waals surface area contributed by atoms with Gasteiger partial charge < -0.3 is 9.47 Å². The second-order valence-electron chi connectivity index (χ2n) is 3.56. The first kappa shape index (κ1) is 16.1. The van der Waals surface area contributed by atoms with E-state index in [4.69, 9.17) is 9.47 Å². The summed E-state index contributed by atoms with van der Waals surface area (Å²) in [5, 5.41) is 0. The number of benzene rings is 1. The summed E-state index contributed by atoms with van der Waals surface area (Å²) in [7, 11) is 0. The fraction of sp³-hybridized carbons (Fsp3) is 0.417. The van der Waals surface area contributed by atoms with Crippen molar-refractivity contribution in [3.8, 4) is 0 Å². The average molecular weight is 445 g/mol. The first-order valence-electron chi connectivity index (χ1n) is 5.41. The van der Waals surface area contributed by atoms with E-state index in [1.807, 2.05) is 19.1 Å². The number of carbonyl (C=O) groups is 1. The van der Waals surface area contributed by atoms with E-state index in [1.165, 1.54) is 0 Å². The number of rotatable bonds is 6. The fourth-order valence-electron chi connectivity index (χ4n) is 1.20. The van der Waals surface area contributed by atoms with E-state index < -0.39 is 0 Å². The van der Waals surface area contributed by atoms with Crippen LogP contribution in [0.2, 0.25) is 0 Å². The van der Waals surface area contributed by atoms with Crippen LogP contribution in [-0.4, -0.2) is 19.2 Å². The van der Waals surface area contributed by atoms with Crippen molar-refractivity contribution in [2.24, 2.45) is 0 Å². The smallest absolute Gasteiger partial charge is 0.332 e. The van der Waals surface area contributed by atoms with Crippen LogP contribution in [0.1, 0.15) is 18.9 Å². The standard InChI is InChI=1S/C12H13Br3O3/c1-2-3-18-12(16)7-17-6-9-10(14)4-8(13)5-11(9)15/h4-5H,2-3,6-7H2,1H3. The zero-order valence-corrected chi connectivity index (χ0v) is 14.6. The monoisotopic (exact) mass is 442 g/mol. The molecule has 100 valence electrons. The molecule has 0 heterocycles. The molecule has 0 radical (unpaired) electrons. The maximum absolute atomic E-state index is 11.2. The Morgan fingerprint density at radius 3 is 2.39 bits per heavy atom. The summed E-state index contributed by atoms with van der Waals surface area (Å²) in [4.78, 5) is 11.2. The summed E-state index contributed by atoms with van der Waals surface area (Å²) in [5.74, 6) is -0.332. The molecular weight excluding hydrogens is 432 g/mol. The van der Waals surface area contributed by atoms with Crippen LogP contribution >= 0.6 is 47.8 Å². The molecule has 1 aromatic rings. The highest BCUT2D eigenvalue weighted by Crippen LogP contribution is 2.30. The molecule has 1 aromatic carbocycles. The highest BCUT2D eigenvalue weighted by Gasteiger charge is 2.09. The molecule has 18 heavy (non-hydrogen) atoms. The molecule has 0 bridgehead atoms. The number of hydrogen-bond donors (Lipinski definition) is 0. The number of halogens is 3. The van der Waals surface area contributed by atoms with E-state index in [2.05, 4.69) is 47.8 Å². The minimum atomic E-state index is -0.332. The lowest BCUT2D eigenvalue weighted by Crippen LogP contribution is -2.13. The molecule has 0 saturated heterocycles. The Balaban J connectivity index is 2.47. The predicted molar refractivity (Wildman–Crippen MR) is 80.4 cm³/mol. The summed E-state index contributed by atoms with van der Waals surface area (Å²) in [6.07, 6.45) is 0.815. The highest BCUT2D eigenvalue weighted by atomic mass is 79.9. The van der Waals surface area contributed by atoms with Crippen LogP contribution in [0.5, 0.6) is 0 Å². The van der Waals surface area contributed by atoms with Crippen LogP contribution in [0, 0.1) is 0 Å². The zero-order chi connectivity index (χ0) is 13.5. The first-order chi connectivity index (χ1) is 8.54. The van der Waals surface area contributed by atoms with Gasteiger partial charge in [-0.2, -0.15) is 0 Å². The van der Waals surface area contributed by atoms with Gasteiger partial charge >= 0.3 is 5.97 Å². The Labute approximate surface area is 132 Å². The third kappa shape index (κ3) is 5.38. The molecule has 0 aliphatic heterocycles. The lowest BCUT2D eigenvalue weighted by atomic mass is 10.2. The van der Waals surface area contributed by atoms with Crippen molar-refractivity contribution in [1.29, 1.82) is 0 Å². The summed E-state index contributed by atoms with van der Waals surface area (Å²) in [6.45, 7) is 2.70. The lowest BCUT2D eigenvalue weighted by Gasteiger charge is -2.09. The topological polar surface area (TPSA) is 35.5 Å². The molecule has 0 aromatic heterocycles. The largest absolute Gasteiger partial charge is 0.464 e. The third-order valence-corrected chi connectivity index (χ3v) is 3.91. The maximum Gasteiger partial charge on any atom is 0.332 e. The summed E-state index contributed by atoms with van der Waals surface area (Å²) < 4.78 is 13.1. The Morgan fingerprint density at radius 1 is 1.22 bits per heavy atom. The minimum absolute atomic E-state index is 0.0328. The van der Waals surface area contributed by atoms with Gasteiger partial charge in [0, 0.05) is 19.0 Å². The molecule has 1 rings (SSSR count). The van der Waals surface area contributed by atoms with Crippen LogP contribution in [-0.2, 0) is 20.9 Å². The number of ether oxygens (including phenoxy) is 2. The van der Waals surface area contributed by atoms with Crippen LogP contribution in [0.25, 0.3) is 0 Å². The van der Waals surface area contributed by atoms with Gasteiger partial charge in [0.2, 0.25) is 0 Å². The van der Waals surface area contributed by atoms with Crippen LogP contribution in [0.4, 0.5) is 0 Å². The van der Waals surface area contributed by atoms with E-state index in [1.54, 1.807) is 0 Å². The molecule has 0 unspecified atom stereocenters. The van der Waals surface area contributed by atoms with Crippen molar-refractivity contribution in [3.05, 3.63) is 31.1 Å². The molecular formula is C12H13Br3O3. The predicted octanol–water partition coefficient (Wildman–Crippen LogP) is 4.44. The normalized spacial score (nSPS) is 10.4. The molecule has 0 amide bonds. The van der Waals surface area contributed by atoms with Crippen LogP contribution in [0.3, 0.4) is 0 Å². The Hall–Kier alpha value is 0.0900. The lowest BCUT2D eigenvalue weighted by molar-refractivity contribution is -0.149. The minimum Gasteiger partial charge on any atom is -0.464 e. The van der Waals surface area contributed by atoms with Gasteiger partial charge in [-0.15, -0.1) is 0 Å². The molecule has 6 heteroatoms. The van der Waals surface area contributed by atoms with Crippen molar-refractivity contribution in [3.63, 3.8) is 0 Å². The Morgan fingerprint density at radius 2 is 1.83 bits per heavy atom. The zero-order valence-electron chi connectivity index (χ0n) is 9.84. The van der Waals surface area contributed by atoms with Crippen molar-refractivity contribution in [1.82, 2.24) is 0 Å². The molecule has 0 aliphatic rings.